The minimum Gasteiger partial charge on any atom is -0.494 e. The van der Waals surface area contributed by atoms with Gasteiger partial charge in [0.05, 0.1) is 17.2 Å². The van der Waals surface area contributed by atoms with Crippen molar-refractivity contribution in [3.8, 4) is 5.75 Å². The van der Waals surface area contributed by atoms with Crippen molar-refractivity contribution in [1.82, 2.24) is 10.2 Å². The summed E-state index contributed by atoms with van der Waals surface area (Å²) in [7, 11) is -4.14. The van der Waals surface area contributed by atoms with Gasteiger partial charge in [-0.15, -0.1) is 0 Å². The summed E-state index contributed by atoms with van der Waals surface area (Å²) in [6.45, 7) is 10.4. The summed E-state index contributed by atoms with van der Waals surface area (Å²) in [5, 5.41) is 2.95. The van der Waals surface area contributed by atoms with E-state index in [-0.39, 0.29) is 23.3 Å². The number of hydrogen-bond acceptors (Lipinski definition) is 5. The van der Waals surface area contributed by atoms with Gasteiger partial charge in [-0.3, -0.25) is 13.9 Å². The van der Waals surface area contributed by atoms with Gasteiger partial charge >= 0.3 is 0 Å². The number of anilines is 1. The molecule has 0 aliphatic rings. The van der Waals surface area contributed by atoms with Gasteiger partial charge < -0.3 is 15.0 Å². The number of nitrogens with one attached hydrogen (secondary N) is 1. The van der Waals surface area contributed by atoms with Crippen LogP contribution in [0.1, 0.15) is 45.2 Å². The van der Waals surface area contributed by atoms with E-state index in [1.807, 2.05) is 77.1 Å². The first-order chi connectivity index (χ1) is 20.1. The molecule has 3 rings (SSSR count). The van der Waals surface area contributed by atoms with E-state index in [4.69, 9.17) is 4.74 Å². The summed E-state index contributed by atoms with van der Waals surface area (Å²) >= 11 is 0. The van der Waals surface area contributed by atoms with Crippen LogP contribution in [0.4, 0.5) is 5.69 Å². The molecule has 9 heteroatoms. The first kappa shape index (κ1) is 32.7. The van der Waals surface area contributed by atoms with E-state index in [0.29, 0.717) is 37.4 Å². The van der Waals surface area contributed by atoms with Crippen molar-refractivity contribution in [2.45, 2.75) is 58.4 Å². The normalized spacial score (nSPS) is 12.0. The van der Waals surface area contributed by atoms with E-state index in [2.05, 4.69) is 5.32 Å². The fourth-order valence-electron chi connectivity index (χ4n) is 4.56. The topological polar surface area (TPSA) is 96.0 Å². The molecule has 0 saturated heterocycles. The summed E-state index contributed by atoms with van der Waals surface area (Å²) in [5.74, 6) is 0.104. The molecule has 0 unspecified atom stereocenters. The van der Waals surface area contributed by atoms with E-state index < -0.39 is 28.5 Å². The lowest BCUT2D eigenvalue weighted by Gasteiger charge is -2.33. The molecule has 8 nitrogen and oxygen atoms in total. The highest BCUT2D eigenvalue weighted by atomic mass is 32.2. The number of ether oxygens (including phenoxy) is 1. The van der Waals surface area contributed by atoms with Crippen molar-refractivity contribution >= 4 is 27.5 Å². The zero-order valence-electron chi connectivity index (χ0n) is 25.2. The molecule has 0 heterocycles. The van der Waals surface area contributed by atoms with Crippen LogP contribution in [0.5, 0.6) is 5.75 Å². The molecular weight excluding hydrogens is 550 g/mol. The highest BCUT2D eigenvalue weighted by Gasteiger charge is 2.33. The second-order valence-corrected chi connectivity index (χ2v) is 12.5. The standard InChI is InChI=1S/C33H43N3O5S/c1-6-31(33(38)34-23-25(3)4)35(22-21-27-11-9-8-10-12-27)32(37)24-36(28-15-13-26(5)14-16-28)42(39,40)30-19-17-29(18-20-30)41-7-2/h8-20,25,31H,6-7,21-24H2,1-5H3,(H,34,38)/t31-/m1/s1. The van der Waals surface area contributed by atoms with Crippen LogP contribution in [0, 0.1) is 12.8 Å². The number of benzene rings is 3. The molecule has 3 aromatic rings. The van der Waals surface area contributed by atoms with Crippen LogP contribution in [0.15, 0.2) is 83.8 Å². The van der Waals surface area contributed by atoms with Crippen LogP contribution >= 0.6 is 0 Å². The maximum absolute atomic E-state index is 14.1. The number of aryl methyl sites for hydroxylation is 1. The average molecular weight is 594 g/mol. The van der Waals surface area contributed by atoms with Crippen molar-refractivity contribution in [3.63, 3.8) is 0 Å². The Balaban J connectivity index is 1.99. The fraction of sp³-hybridized carbons (Fsp3) is 0.394. The molecule has 0 aromatic heterocycles. The Bertz CT molecular complexity index is 1390. The Morgan fingerprint density at radius 2 is 1.55 bits per heavy atom. The SMILES string of the molecule is CCOc1ccc(S(=O)(=O)N(CC(=O)N(CCc2ccccc2)[C@H](CC)C(=O)NCC(C)C)c2ccc(C)cc2)cc1. The first-order valence-electron chi connectivity index (χ1n) is 14.5. The highest BCUT2D eigenvalue weighted by molar-refractivity contribution is 7.92. The molecular formula is C33H43N3O5S. The van der Waals surface area contributed by atoms with Crippen molar-refractivity contribution in [1.29, 1.82) is 0 Å². The number of amides is 2. The Kier molecular flexibility index (Phi) is 12.0. The first-order valence-corrected chi connectivity index (χ1v) is 15.9. The van der Waals surface area contributed by atoms with Crippen molar-refractivity contribution < 1.29 is 22.7 Å². The second kappa shape index (κ2) is 15.4. The lowest BCUT2D eigenvalue weighted by Crippen LogP contribution is -2.53. The van der Waals surface area contributed by atoms with Crippen LogP contribution in [-0.2, 0) is 26.0 Å². The number of nitrogens with zero attached hydrogens (tertiary/aromatic N) is 2. The Morgan fingerprint density at radius 3 is 2.12 bits per heavy atom. The molecule has 42 heavy (non-hydrogen) atoms. The monoisotopic (exact) mass is 593 g/mol. The van der Waals surface area contributed by atoms with Crippen molar-refractivity contribution in [2.75, 3.05) is 30.5 Å². The predicted octanol–water partition coefficient (Wildman–Crippen LogP) is 5.21. The van der Waals surface area contributed by atoms with Gasteiger partial charge in [0.15, 0.2) is 0 Å². The number of carbonyl (C=O) groups is 2. The molecule has 0 saturated carbocycles. The van der Waals surface area contributed by atoms with E-state index in [1.165, 1.54) is 17.0 Å². The van der Waals surface area contributed by atoms with Gasteiger partial charge in [-0.1, -0.05) is 68.8 Å². The predicted molar refractivity (Wildman–Crippen MR) is 167 cm³/mol. The zero-order valence-corrected chi connectivity index (χ0v) is 26.1. The fourth-order valence-corrected chi connectivity index (χ4v) is 5.97. The molecule has 0 spiro atoms. The van der Waals surface area contributed by atoms with Crippen LogP contribution in [0.25, 0.3) is 0 Å². The van der Waals surface area contributed by atoms with Gasteiger partial charge in [-0.25, -0.2) is 8.42 Å². The molecule has 0 aliphatic carbocycles. The lowest BCUT2D eigenvalue weighted by molar-refractivity contribution is -0.139. The molecule has 1 N–H and O–H groups in total. The summed E-state index contributed by atoms with van der Waals surface area (Å²) < 4.78 is 34.6. The third kappa shape index (κ3) is 8.82. The van der Waals surface area contributed by atoms with Gasteiger partial charge in [0.1, 0.15) is 18.3 Å². The Labute approximate surface area is 250 Å². The van der Waals surface area contributed by atoms with Crippen LogP contribution in [-0.4, -0.2) is 57.4 Å². The minimum absolute atomic E-state index is 0.0388. The number of sulfonamides is 1. The van der Waals surface area contributed by atoms with Crippen LogP contribution < -0.4 is 14.4 Å². The van der Waals surface area contributed by atoms with E-state index in [0.717, 1.165) is 15.4 Å². The lowest BCUT2D eigenvalue weighted by atomic mass is 10.1. The molecule has 2 amide bonds. The average Bonchev–Trinajstić information content (AvgIpc) is 2.98. The van der Waals surface area contributed by atoms with Crippen molar-refractivity contribution in [2.24, 2.45) is 5.92 Å². The maximum Gasteiger partial charge on any atom is 0.264 e. The maximum atomic E-state index is 14.1. The van der Waals surface area contributed by atoms with E-state index in [9.17, 15) is 18.0 Å². The summed E-state index contributed by atoms with van der Waals surface area (Å²) in [6, 6.07) is 22.1. The third-order valence-corrected chi connectivity index (χ3v) is 8.67. The Morgan fingerprint density at radius 1 is 0.905 bits per heavy atom. The summed E-state index contributed by atoms with van der Waals surface area (Å²) in [6.07, 6.45) is 0.914. The molecule has 0 fully saturated rings. The zero-order chi connectivity index (χ0) is 30.7. The van der Waals surface area contributed by atoms with Gasteiger partial charge in [0.25, 0.3) is 10.0 Å². The smallest absolute Gasteiger partial charge is 0.264 e. The van der Waals surface area contributed by atoms with Gasteiger partial charge in [-0.05, 0) is 74.6 Å². The Hall–Kier alpha value is -3.85. The molecule has 226 valence electrons. The molecule has 0 radical (unpaired) electrons. The van der Waals surface area contributed by atoms with Crippen LogP contribution in [0.2, 0.25) is 0 Å². The van der Waals surface area contributed by atoms with E-state index in [1.54, 1.807) is 24.3 Å². The largest absolute Gasteiger partial charge is 0.494 e. The molecule has 0 bridgehead atoms. The number of carbonyl (C=O) groups excluding carboxylic acids is 2. The second-order valence-electron chi connectivity index (χ2n) is 10.6. The van der Waals surface area contributed by atoms with Gasteiger partial charge in [-0.2, -0.15) is 0 Å². The summed E-state index contributed by atoms with van der Waals surface area (Å²) in [5.41, 5.74) is 2.34. The quantitative estimate of drug-likeness (QED) is 0.261. The number of hydrogen-bond donors (Lipinski definition) is 1. The molecule has 3 aromatic carbocycles. The minimum atomic E-state index is -4.14. The molecule has 1 atom stereocenters. The van der Waals surface area contributed by atoms with Gasteiger partial charge in [0.2, 0.25) is 11.8 Å². The summed E-state index contributed by atoms with van der Waals surface area (Å²) in [4.78, 5) is 28.9. The van der Waals surface area contributed by atoms with Gasteiger partial charge in [0, 0.05) is 13.1 Å². The highest BCUT2D eigenvalue weighted by Crippen LogP contribution is 2.26. The third-order valence-electron chi connectivity index (χ3n) is 6.88. The number of rotatable bonds is 15. The van der Waals surface area contributed by atoms with Crippen molar-refractivity contribution in [3.05, 3.63) is 90.0 Å². The molecule has 0 aliphatic heterocycles. The van der Waals surface area contributed by atoms with E-state index >= 15 is 0 Å². The van der Waals surface area contributed by atoms with Crippen LogP contribution in [0.3, 0.4) is 0 Å².